The first-order valence-corrected chi connectivity index (χ1v) is 5.74. The van der Waals surface area contributed by atoms with E-state index in [1.54, 1.807) is 20.5 Å². The first kappa shape index (κ1) is 12.5. The van der Waals surface area contributed by atoms with Gasteiger partial charge in [-0.05, 0) is 29.3 Å². The Labute approximate surface area is 106 Å². The lowest BCUT2D eigenvalue weighted by atomic mass is 10.0. The fraction of sp³-hybridized carbons (Fsp3) is 0.286. The van der Waals surface area contributed by atoms with Crippen LogP contribution in [0.4, 0.5) is 0 Å². The maximum atomic E-state index is 5.61. The number of ether oxygens (including phenoxy) is 2. The molecule has 2 aromatic rings. The summed E-state index contributed by atoms with van der Waals surface area (Å²) in [4.78, 5) is 0. The molecule has 0 unspecified atom stereocenters. The van der Waals surface area contributed by atoms with Gasteiger partial charge in [0, 0.05) is 6.42 Å². The topological polar surface area (TPSA) is 57.6 Å². The lowest BCUT2D eigenvalue weighted by Gasteiger charge is -2.09. The van der Waals surface area contributed by atoms with Gasteiger partial charge in [0.1, 0.15) is 5.76 Å². The van der Waals surface area contributed by atoms with E-state index in [9.17, 15) is 0 Å². The van der Waals surface area contributed by atoms with E-state index < -0.39 is 0 Å². The van der Waals surface area contributed by atoms with Crippen LogP contribution in [0.3, 0.4) is 0 Å². The average molecular weight is 247 g/mol. The molecule has 0 aliphatic carbocycles. The van der Waals surface area contributed by atoms with Gasteiger partial charge in [0.25, 0.3) is 0 Å². The van der Waals surface area contributed by atoms with Crippen molar-refractivity contribution in [2.45, 2.75) is 13.0 Å². The van der Waals surface area contributed by atoms with Gasteiger partial charge in [0.15, 0.2) is 11.5 Å². The van der Waals surface area contributed by atoms with Crippen molar-refractivity contribution in [2.75, 3.05) is 14.2 Å². The predicted octanol–water partition coefficient (Wildman–Crippen LogP) is 2.35. The maximum absolute atomic E-state index is 5.61. The van der Waals surface area contributed by atoms with Gasteiger partial charge in [0.05, 0.1) is 27.0 Å². The van der Waals surface area contributed by atoms with Crippen molar-refractivity contribution >= 4 is 0 Å². The normalized spacial score (nSPS) is 10.4. The molecule has 2 rings (SSSR count). The monoisotopic (exact) mass is 247 g/mol. The largest absolute Gasteiger partial charge is 0.493 e. The molecule has 2 N–H and O–H groups in total. The second kappa shape index (κ2) is 5.60. The molecule has 4 heteroatoms. The van der Waals surface area contributed by atoms with Gasteiger partial charge in [-0.25, -0.2) is 0 Å². The maximum Gasteiger partial charge on any atom is 0.160 e. The zero-order valence-corrected chi connectivity index (χ0v) is 10.6. The van der Waals surface area contributed by atoms with Crippen LogP contribution in [-0.4, -0.2) is 14.2 Å². The van der Waals surface area contributed by atoms with Crippen molar-refractivity contribution in [3.8, 4) is 11.5 Å². The highest BCUT2D eigenvalue weighted by molar-refractivity contribution is 5.44. The Morgan fingerprint density at radius 3 is 2.56 bits per heavy atom. The highest BCUT2D eigenvalue weighted by Crippen LogP contribution is 2.28. The average Bonchev–Trinajstić information content (AvgIpc) is 2.85. The summed E-state index contributed by atoms with van der Waals surface area (Å²) in [7, 11) is 3.25. The van der Waals surface area contributed by atoms with E-state index in [2.05, 4.69) is 0 Å². The molecule has 0 fully saturated rings. The molecule has 0 spiro atoms. The third-order valence-corrected chi connectivity index (χ3v) is 2.87. The van der Waals surface area contributed by atoms with E-state index in [4.69, 9.17) is 19.6 Å². The molecule has 96 valence electrons. The summed E-state index contributed by atoms with van der Waals surface area (Å²) < 4.78 is 15.8. The molecule has 0 radical (unpaired) electrons. The minimum Gasteiger partial charge on any atom is -0.493 e. The quantitative estimate of drug-likeness (QED) is 0.881. The minimum absolute atomic E-state index is 0.412. The minimum atomic E-state index is 0.412. The van der Waals surface area contributed by atoms with Gasteiger partial charge in [-0.15, -0.1) is 0 Å². The molecule has 0 saturated heterocycles. The Morgan fingerprint density at radius 2 is 1.89 bits per heavy atom. The summed E-state index contributed by atoms with van der Waals surface area (Å²) in [6, 6.07) is 7.82. The highest BCUT2D eigenvalue weighted by Gasteiger charge is 2.08. The Morgan fingerprint density at radius 1 is 1.11 bits per heavy atom. The van der Waals surface area contributed by atoms with E-state index in [0.29, 0.717) is 6.54 Å². The molecule has 18 heavy (non-hydrogen) atoms. The number of methoxy groups -OCH3 is 2. The summed E-state index contributed by atoms with van der Waals surface area (Å²) in [5.74, 6) is 2.28. The fourth-order valence-electron chi connectivity index (χ4n) is 1.91. The molecular weight excluding hydrogens is 230 g/mol. The Bertz CT molecular complexity index is 520. The van der Waals surface area contributed by atoms with E-state index in [-0.39, 0.29) is 0 Å². The smallest absolute Gasteiger partial charge is 0.160 e. The van der Waals surface area contributed by atoms with Gasteiger partial charge >= 0.3 is 0 Å². The first-order valence-electron chi connectivity index (χ1n) is 5.74. The van der Waals surface area contributed by atoms with Gasteiger partial charge < -0.3 is 19.6 Å². The van der Waals surface area contributed by atoms with Crippen LogP contribution in [0.5, 0.6) is 11.5 Å². The number of rotatable bonds is 5. The van der Waals surface area contributed by atoms with Gasteiger partial charge in [-0.3, -0.25) is 0 Å². The standard InChI is InChI=1S/C14H17NO3/c1-16-12-4-3-10(8-13(12)17-2)7-11-5-6-18-14(11)9-15/h3-6,8H,7,9,15H2,1-2H3. The third kappa shape index (κ3) is 2.49. The lowest BCUT2D eigenvalue weighted by molar-refractivity contribution is 0.354. The van der Waals surface area contributed by atoms with Crippen molar-refractivity contribution in [2.24, 2.45) is 5.73 Å². The second-order valence-corrected chi connectivity index (χ2v) is 3.94. The fourth-order valence-corrected chi connectivity index (χ4v) is 1.91. The molecule has 1 heterocycles. The van der Waals surface area contributed by atoms with E-state index in [0.717, 1.165) is 34.8 Å². The Hall–Kier alpha value is -1.94. The number of hydrogen-bond acceptors (Lipinski definition) is 4. The molecule has 1 aromatic carbocycles. The van der Waals surface area contributed by atoms with E-state index in [1.165, 1.54) is 0 Å². The lowest BCUT2D eigenvalue weighted by Crippen LogP contribution is -1.99. The molecule has 0 aliphatic rings. The Balaban J connectivity index is 2.24. The second-order valence-electron chi connectivity index (χ2n) is 3.94. The third-order valence-electron chi connectivity index (χ3n) is 2.87. The molecule has 0 amide bonds. The molecule has 4 nitrogen and oxygen atoms in total. The number of hydrogen-bond donors (Lipinski definition) is 1. The summed E-state index contributed by atoms with van der Waals surface area (Å²) >= 11 is 0. The van der Waals surface area contributed by atoms with Gasteiger partial charge in [-0.2, -0.15) is 0 Å². The number of furan rings is 1. The van der Waals surface area contributed by atoms with Crippen LogP contribution < -0.4 is 15.2 Å². The molecule has 0 saturated carbocycles. The van der Waals surface area contributed by atoms with E-state index in [1.807, 2.05) is 24.3 Å². The zero-order valence-electron chi connectivity index (χ0n) is 10.6. The summed E-state index contributed by atoms with van der Waals surface area (Å²) in [5.41, 5.74) is 7.84. The van der Waals surface area contributed by atoms with Crippen LogP contribution >= 0.6 is 0 Å². The summed E-state index contributed by atoms with van der Waals surface area (Å²) in [6.07, 6.45) is 2.43. The van der Waals surface area contributed by atoms with Gasteiger partial charge in [0.2, 0.25) is 0 Å². The van der Waals surface area contributed by atoms with Crippen LogP contribution in [0, 0.1) is 0 Å². The predicted molar refractivity (Wildman–Crippen MR) is 69.0 cm³/mol. The summed E-state index contributed by atoms with van der Waals surface area (Å²) in [5, 5.41) is 0. The van der Waals surface area contributed by atoms with Crippen molar-refractivity contribution in [1.82, 2.24) is 0 Å². The van der Waals surface area contributed by atoms with Crippen molar-refractivity contribution in [3.63, 3.8) is 0 Å². The molecule has 0 atom stereocenters. The molecule has 0 bridgehead atoms. The van der Waals surface area contributed by atoms with Crippen molar-refractivity contribution < 1.29 is 13.9 Å². The first-order chi connectivity index (χ1) is 8.78. The Kier molecular flexibility index (Phi) is 3.89. The highest BCUT2D eigenvalue weighted by atomic mass is 16.5. The van der Waals surface area contributed by atoms with E-state index >= 15 is 0 Å². The SMILES string of the molecule is COc1ccc(Cc2ccoc2CN)cc1OC. The molecule has 1 aromatic heterocycles. The molecular formula is C14H17NO3. The number of nitrogens with two attached hydrogens (primary N) is 1. The van der Waals surface area contributed by atoms with Crippen molar-refractivity contribution in [1.29, 1.82) is 0 Å². The number of benzene rings is 1. The van der Waals surface area contributed by atoms with Crippen LogP contribution in [0.25, 0.3) is 0 Å². The van der Waals surface area contributed by atoms with Crippen LogP contribution in [0.15, 0.2) is 34.9 Å². The molecule has 0 aliphatic heterocycles. The van der Waals surface area contributed by atoms with Crippen LogP contribution in [0.2, 0.25) is 0 Å². The van der Waals surface area contributed by atoms with Crippen LogP contribution in [0.1, 0.15) is 16.9 Å². The van der Waals surface area contributed by atoms with Crippen LogP contribution in [-0.2, 0) is 13.0 Å². The van der Waals surface area contributed by atoms with Gasteiger partial charge in [-0.1, -0.05) is 6.07 Å². The van der Waals surface area contributed by atoms with Crippen molar-refractivity contribution in [3.05, 3.63) is 47.4 Å². The zero-order chi connectivity index (χ0) is 13.0. The summed E-state index contributed by atoms with van der Waals surface area (Å²) in [6.45, 7) is 0.412.